The molecule has 0 saturated carbocycles. The largest absolute Gasteiger partial charge is 0.346 e. The molecule has 0 spiro atoms. The summed E-state index contributed by atoms with van der Waals surface area (Å²) < 4.78 is 0. The van der Waals surface area contributed by atoms with Crippen LogP contribution in [0.5, 0.6) is 0 Å². The highest BCUT2D eigenvalue weighted by Crippen LogP contribution is 2.26. The highest BCUT2D eigenvalue weighted by molar-refractivity contribution is 5.74. The molecule has 0 aliphatic heterocycles. The Balaban J connectivity index is 2.62. The van der Waals surface area contributed by atoms with Gasteiger partial charge in [-0.3, -0.25) is 4.98 Å². The van der Waals surface area contributed by atoms with Crippen molar-refractivity contribution in [1.29, 1.82) is 0 Å². The van der Waals surface area contributed by atoms with Crippen LogP contribution < -0.4 is 11.4 Å². The summed E-state index contributed by atoms with van der Waals surface area (Å²) in [7, 11) is 0. The summed E-state index contributed by atoms with van der Waals surface area (Å²) in [6.45, 7) is 3.85. The van der Waals surface area contributed by atoms with Crippen LogP contribution in [-0.2, 0) is 6.54 Å². The van der Waals surface area contributed by atoms with Crippen LogP contribution in [0.3, 0.4) is 0 Å². The van der Waals surface area contributed by atoms with E-state index >= 15 is 0 Å². The van der Waals surface area contributed by atoms with Gasteiger partial charge in [0.1, 0.15) is 0 Å². The van der Waals surface area contributed by atoms with Crippen molar-refractivity contribution in [1.82, 2.24) is 9.97 Å². The first kappa shape index (κ1) is 12.0. The van der Waals surface area contributed by atoms with Crippen LogP contribution in [0.15, 0.2) is 46.8 Å². The Morgan fingerprint density at radius 1 is 1.50 bits per heavy atom. The molecule has 5 nitrogen and oxygen atoms in total. The van der Waals surface area contributed by atoms with Crippen LogP contribution in [0.2, 0.25) is 0 Å². The van der Waals surface area contributed by atoms with Crippen LogP contribution in [0.1, 0.15) is 5.56 Å². The fraction of sp³-hybridized carbons (Fsp3) is 0.0769. The van der Waals surface area contributed by atoms with Gasteiger partial charge >= 0.3 is 5.69 Å². The minimum atomic E-state index is -0.456. The standard InChI is InChI=1S/C13H12N4O/c1-2-15-12-11(8-16-13(18)17-12)10-5-3-4-9(6-10)7-14/h3-6,8H,1,7,14H2,(H,16,17,18). The molecule has 0 aliphatic rings. The molecule has 0 saturated heterocycles. The van der Waals surface area contributed by atoms with Crippen molar-refractivity contribution in [3.8, 4) is 11.1 Å². The molecule has 0 amide bonds. The van der Waals surface area contributed by atoms with Crippen molar-refractivity contribution in [2.45, 2.75) is 6.54 Å². The molecule has 1 aromatic heterocycles. The van der Waals surface area contributed by atoms with E-state index in [0.717, 1.165) is 11.1 Å². The first-order chi connectivity index (χ1) is 8.74. The van der Waals surface area contributed by atoms with Gasteiger partial charge in [-0.1, -0.05) is 18.2 Å². The number of hydrogen-bond donors (Lipinski definition) is 2. The summed E-state index contributed by atoms with van der Waals surface area (Å²) in [5, 5.41) is 0. The third-order valence-corrected chi connectivity index (χ3v) is 2.46. The quantitative estimate of drug-likeness (QED) is 0.795. The molecular formula is C13H12N4O. The number of aromatic nitrogens is 2. The minimum absolute atomic E-state index is 0.388. The topological polar surface area (TPSA) is 84.1 Å². The maximum atomic E-state index is 11.2. The fourth-order valence-corrected chi connectivity index (χ4v) is 1.63. The Bertz CT molecular complexity index is 669. The summed E-state index contributed by atoms with van der Waals surface area (Å²) in [6, 6.07) is 7.65. The van der Waals surface area contributed by atoms with Gasteiger partial charge in [0.2, 0.25) is 0 Å². The number of aliphatic imine (C=N–C) groups is 1. The molecule has 90 valence electrons. The molecule has 18 heavy (non-hydrogen) atoms. The lowest BCUT2D eigenvalue weighted by Gasteiger charge is -2.05. The Hall–Kier alpha value is -2.49. The monoisotopic (exact) mass is 240 g/mol. The van der Waals surface area contributed by atoms with Gasteiger partial charge < -0.3 is 5.73 Å². The Kier molecular flexibility index (Phi) is 3.48. The number of aromatic amines is 1. The van der Waals surface area contributed by atoms with Crippen LogP contribution >= 0.6 is 0 Å². The Morgan fingerprint density at radius 2 is 2.33 bits per heavy atom. The highest BCUT2D eigenvalue weighted by atomic mass is 16.1. The third kappa shape index (κ3) is 2.43. The zero-order valence-corrected chi connectivity index (χ0v) is 9.68. The molecule has 3 N–H and O–H groups in total. The lowest BCUT2D eigenvalue weighted by Crippen LogP contribution is -2.09. The van der Waals surface area contributed by atoms with Gasteiger partial charge in [-0.2, -0.15) is 4.99 Å². The minimum Gasteiger partial charge on any atom is -0.326 e. The SMILES string of the molecule is C=C=Nc1[nH]c(=O)ncc1-c1cccc(CN)c1. The van der Waals surface area contributed by atoms with E-state index in [1.807, 2.05) is 24.3 Å². The van der Waals surface area contributed by atoms with Crippen molar-refractivity contribution < 1.29 is 0 Å². The summed E-state index contributed by atoms with van der Waals surface area (Å²) in [5.41, 5.74) is 7.73. The fourth-order valence-electron chi connectivity index (χ4n) is 1.63. The van der Waals surface area contributed by atoms with E-state index in [-0.39, 0.29) is 0 Å². The second-order valence-corrected chi connectivity index (χ2v) is 3.63. The number of H-pyrrole nitrogens is 1. The zero-order valence-electron chi connectivity index (χ0n) is 9.68. The van der Waals surface area contributed by atoms with Gasteiger partial charge in [-0.05, 0) is 29.6 Å². The second kappa shape index (κ2) is 5.23. The summed E-state index contributed by atoms with van der Waals surface area (Å²) in [6.07, 6.45) is 1.48. The van der Waals surface area contributed by atoms with Crippen LogP contribution in [-0.4, -0.2) is 15.8 Å². The Labute approximate surface area is 104 Å². The summed E-state index contributed by atoms with van der Waals surface area (Å²) in [5.74, 6) is 2.79. The molecule has 2 rings (SSSR count). The Morgan fingerprint density at radius 3 is 3.06 bits per heavy atom. The lowest BCUT2D eigenvalue weighted by atomic mass is 10.1. The number of hydrogen-bond acceptors (Lipinski definition) is 4. The average Bonchev–Trinajstić information content (AvgIpc) is 2.39. The van der Waals surface area contributed by atoms with Crippen LogP contribution in [0.25, 0.3) is 11.1 Å². The molecule has 1 aromatic carbocycles. The molecule has 0 aliphatic carbocycles. The molecule has 0 radical (unpaired) electrons. The van der Waals surface area contributed by atoms with Crippen LogP contribution in [0.4, 0.5) is 5.82 Å². The summed E-state index contributed by atoms with van der Waals surface area (Å²) >= 11 is 0. The van der Waals surface area contributed by atoms with Gasteiger partial charge in [-0.25, -0.2) is 9.78 Å². The average molecular weight is 240 g/mol. The first-order valence-corrected chi connectivity index (χ1v) is 5.36. The predicted octanol–water partition coefficient (Wildman–Crippen LogP) is 1.38. The molecule has 0 bridgehead atoms. The van der Waals surface area contributed by atoms with E-state index in [0.29, 0.717) is 17.9 Å². The van der Waals surface area contributed by atoms with E-state index in [4.69, 9.17) is 5.73 Å². The van der Waals surface area contributed by atoms with Crippen molar-refractivity contribution in [3.05, 3.63) is 53.1 Å². The first-order valence-electron chi connectivity index (χ1n) is 5.36. The second-order valence-electron chi connectivity index (χ2n) is 3.63. The number of nitrogens with one attached hydrogen (secondary N) is 1. The smallest absolute Gasteiger partial charge is 0.326 e. The van der Waals surface area contributed by atoms with E-state index in [2.05, 4.69) is 27.4 Å². The number of benzene rings is 1. The molecular weight excluding hydrogens is 228 g/mol. The van der Waals surface area contributed by atoms with Crippen molar-refractivity contribution >= 4 is 11.7 Å². The van der Waals surface area contributed by atoms with Crippen molar-refractivity contribution in [3.63, 3.8) is 0 Å². The molecule has 5 heteroatoms. The lowest BCUT2D eigenvalue weighted by molar-refractivity contribution is 1.06. The number of rotatable bonds is 3. The highest BCUT2D eigenvalue weighted by Gasteiger charge is 2.06. The van der Waals surface area contributed by atoms with Gasteiger partial charge in [0.15, 0.2) is 5.82 Å². The predicted molar refractivity (Wildman–Crippen MR) is 70.9 cm³/mol. The normalized spacial score (nSPS) is 9.83. The van der Waals surface area contributed by atoms with Gasteiger partial charge in [0.05, 0.1) is 0 Å². The van der Waals surface area contributed by atoms with Crippen molar-refractivity contribution in [2.24, 2.45) is 10.7 Å². The number of nitrogens with zero attached hydrogens (tertiary/aromatic N) is 2. The number of nitrogens with two attached hydrogens (primary N) is 1. The summed E-state index contributed by atoms with van der Waals surface area (Å²) in [4.78, 5) is 21.3. The molecule has 0 fully saturated rings. The van der Waals surface area contributed by atoms with E-state index in [1.165, 1.54) is 6.20 Å². The van der Waals surface area contributed by atoms with Gasteiger partial charge in [0, 0.05) is 18.3 Å². The van der Waals surface area contributed by atoms with Crippen molar-refractivity contribution in [2.75, 3.05) is 0 Å². The molecule has 0 atom stereocenters. The molecule has 1 heterocycles. The molecule has 0 unspecified atom stereocenters. The van der Waals surface area contributed by atoms with E-state index in [1.54, 1.807) is 0 Å². The maximum Gasteiger partial charge on any atom is 0.346 e. The van der Waals surface area contributed by atoms with Crippen LogP contribution in [0, 0.1) is 0 Å². The third-order valence-electron chi connectivity index (χ3n) is 2.46. The zero-order chi connectivity index (χ0) is 13.0. The molecule has 2 aromatic rings. The van der Waals surface area contributed by atoms with E-state index < -0.39 is 5.69 Å². The maximum absolute atomic E-state index is 11.2. The van der Waals surface area contributed by atoms with Gasteiger partial charge in [-0.15, -0.1) is 0 Å². The van der Waals surface area contributed by atoms with E-state index in [9.17, 15) is 4.79 Å². The van der Waals surface area contributed by atoms with Gasteiger partial charge in [0.25, 0.3) is 0 Å².